The van der Waals surface area contributed by atoms with Gasteiger partial charge in [0, 0.05) is 112 Å². The van der Waals surface area contributed by atoms with Gasteiger partial charge in [-0.15, -0.1) is 0 Å². The number of Topliss-reactive ketones (excluding diaryl/α,β-unsaturated/α-hetero) is 10. The van der Waals surface area contributed by atoms with Crippen LogP contribution in [-0.4, -0.2) is 164 Å². The number of rotatable bonds is 39. The van der Waals surface area contributed by atoms with Crippen LogP contribution in [-0.2, 0) is 85.8 Å². The quantitative estimate of drug-likeness (QED) is 0.0519. The Bertz CT molecular complexity index is 2430. The highest BCUT2D eigenvalue weighted by Gasteiger charge is 2.47. The Morgan fingerprint density at radius 3 is 0.607 bits per heavy atom. The van der Waals surface area contributed by atoms with Crippen molar-refractivity contribution in [1.82, 2.24) is 0 Å². The molecule has 634 valence electrons. The van der Waals surface area contributed by atoms with Crippen molar-refractivity contribution in [2.24, 2.45) is 75.8 Å². The molecule has 0 aliphatic heterocycles. The standard InChI is InChI=1S/C17H32O4.C16H30O4.C16H32O.C14H26O4.C14H28O3.C12H22O2/c1-16(2,3)14(18)8-7-10-20-12-13-21-11-9-15(19)17(4,5)6;1-15(2,3)13(17)7-9-19-11-12-20-10-8-14(18)16(4,5)6;1-13(2,3)12(17)11-15(7,8)16(9,10)14(4,5)6;1-13(2,3)11(15)9-17-7-8-18-10-12(16)14(4,5)6;1-13(2,3)7-8-16-9-10-17-11-12(15)14(4,5)6;1-11(2,3)9(13)7-8-10(14)12(4,5)6/h7-13H2,1-6H3;7-12H2,1-6H3;11H2,1-10H3;7-10H2,1-6H3;7-11H2,1-6H3;7-8H2,1-6H3. The molecule has 0 fully saturated rings. The van der Waals surface area contributed by atoms with Gasteiger partial charge < -0.3 is 37.9 Å². The number of ether oxygens (including phenoxy) is 8. The molecule has 0 radical (unpaired) electrons. The monoisotopic (exact) mass is 1530 g/mol. The molecule has 0 amide bonds. The van der Waals surface area contributed by atoms with Gasteiger partial charge in [-0.1, -0.05) is 277 Å². The van der Waals surface area contributed by atoms with Crippen LogP contribution in [0.3, 0.4) is 0 Å². The summed E-state index contributed by atoms with van der Waals surface area (Å²) >= 11 is 0. The van der Waals surface area contributed by atoms with Gasteiger partial charge in [0.15, 0.2) is 17.3 Å². The SMILES string of the molecule is CC(C)(C)C(=O)CC(C)(C)C(C)(C)C(C)(C)C.CC(C)(C)C(=O)CCC(=O)C(C)(C)C.CC(C)(C)C(=O)CCCOCCOCCC(=O)C(C)(C)C.CC(C)(C)C(=O)CCOCCOCCC(=O)C(C)(C)C.CC(C)(C)C(=O)COCCOCC(=O)C(C)(C)C.CC(C)(C)CCOCCOCC(=O)C(C)(C)C. The average molecular weight is 1530 g/mol. The fourth-order valence-electron chi connectivity index (χ4n) is 7.71. The Morgan fingerprint density at radius 1 is 0.196 bits per heavy atom. The maximum Gasteiger partial charge on any atom is 0.163 e. The maximum absolute atomic E-state index is 12.3. The lowest BCUT2D eigenvalue weighted by Crippen LogP contribution is -2.45. The second-order valence-electron chi connectivity index (χ2n) is 42.1. The van der Waals surface area contributed by atoms with Crippen LogP contribution in [0.1, 0.15) is 335 Å². The minimum absolute atomic E-state index is 0.00954. The summed E-state index contributed by atoms with van der Waals surface area (Å²) in [4.78, 5) is 116. The van der Waals surface area contributed by atoms with Gasteiger partial charge in [-0.05, 0) is 34.5 Å². The highest BCUT2D eigenvalue weighted by atomic mass is 16.5. The minimum atomic E-state index is -0.372. The topological polar surface area (TPSA) is 245 Å². The molecule has 0 aromatic rings. The van der Waals surface area contributed by atoms with E-state index in [-0.39, 0.29) is 142 Å². The Labute approximate surface area is 656 Å². The molecule has 0 saturated heterocycles. The highest BCUT2D eigenvalue weighted by molar-refractivity contribution is 5.91. The van der Waals surface area contributed by atoms with Crippen molar-refractivity contribution < 1.29 is 85.8 Å². The third-order valence-electron chi connectivity index (χ3n) is 18.4. The first-order valence-corrected chi connectivity index (χ1v) is 39.4. The van der Waals surface area contributed by atoms with E-state index in [2.05, 4.69) is 69.2 Å². The minimum Gasteiger partial charge on any atom is -0.379 e. The van der Waals surface area contributed by atoms with Crippen LogP contribution < -0.4 is 0 Å². The molecule has 0 unspecified atom stereocenters. The first-order chi connectivity index (χ1) is 47.4. The number of ketones is 10. The molecule has 0 aromatic heterocycles. The number of carbonyl (C=O) groups excluding carboxylic acids is 10. The molecule has 0 atom stereocenters. The van der Waals surface area contributed by atoms with Crippen LogP contribution >= 0.6 is 0 Å². The van der Waals surface area contributed by atoms with Crippen molar-refractivity contribution in [3.05, 3.63) is 0 Å². The summed E-state index contributed by atoms with van der Waals surface area (Å²) in [6.45, 7) is 86.2. The van der Waals surface area contributed by atoms with Crippen molar-refractivity contribution >= 4 is 57.8 Å². The molecule has 0 bridgehead atoms. The molecule has 107 heavy (non-hydrogen) atoms. The highest BCUT2D eigenvalue weighted by Crippen LogP contribution is 2.53. The summed E-state index contributed by atoms with van der Waals surface area (Å²) in [5.41, 5.74) is -2.46. The van der Waals surface area contributed by atoms with Crippen LogP contribution in [0.5, 0.6) is 0 Å². The second kappa shape index (κ2) is 51.2. The fourth-order valence-corrected chi connectivity index (χ4v) is 7.71. The van der Waals surface area contributed by atoms with Crippen LogP contribution in [0.25, 0.3) is 0 Å². The van der Waals surface area contributed by atoms with E-state index < -0.39 is 0 Å². The molecule has 0 heterocycles. The number of hydrogen-bond acceptors (Lipinski definition) is 18. The fraction of sp³-hybridized carbons (Fsp3) is 0.888. The van der Waals surface area contributed by atoms with E-state index in [0.717, 1.165) is 19.4 Å². The summed E-state index contributed by atoms with van der Waals surface area (Å²) in [6.07, 6.45) is 5.07. The lowest BCUT2D eigenvalue weighted by atomic mass is 9.53. The third kappa shape index (κ3) is 63.6. The van der Waals surface area contributed by atoms with Gasteiger partial charge in [0.05, 0.1) is 72.7 Å². The van der Waals surface area contributed by atoms with Crippen LogP contribution in [0.2, 0.25) is 0 Å². The normalized spacial score (nSPS) is 13.0. The Morgan fingerprint density at radius 2 is 0.393 bits per heavy atom. The van der Waals surface area contributed by atoms with E-state index in [1.54, 1.807) is 0 Å². The molecule has 0 rings (SSSR count). The van der Waals surface area contributed by atoms with Crippen molar-refractivity contribution in [3.63, 3.8) is 0 Å². The first kappa shape index (κ1) is 114. The summed E-state index contributed by atoms with van der Waals surface area (Å²) in [7, 11) is 0. The summed E-state index contributed by atoms with van der Waals surface area (Å²) in [5.74, 6) is 1.83. The van der Waals surface area contributed by atoms with E-state index in [9.17, 15) is 47.9 Å². The average Bonchev–Trinajstić information content (AvgIpc) is 0.772. The summed E-state index contributed by atoms with van der Waals surface area (Å²) in [6, 6.07) is 0. The van der Waals surface area contributed by atoms with Gasteiger partial charge in [-0.2, -0.15) is 0 Å². The van der Waals surface area contributed by atoms with Crippen molar-refractivity contribution in [2.45, 2.75) is 335 Å². The van der Waals surface area contributed by atoms with Crippen LogP contribution in [0.4, 0.5) is 0 Å². The largest absolute Gasteiger partial charge is 0.379 e. The van der Waals surface area contributed by atoms with Crippen molar-refractivity contribution in [2.75, 3.05) is 106 Å². The molecular formula is C89H170O18. The van der Waals surface area contributed by atoms with Crippen LogP contribution in [0.15, 0.2) is 0 Å². The molecule has 0 N–H and O–H groups in total. The van der Waals surface area contributed by atoms with Gasteiger partial charge in [0.1, 0.15) is 60.3 Å². The Hall–Kier alpha value is -3.62. The molecule has 18 nitrogen and oxygen atoms in total. The van der Waals surface area contributed by atoms with Gasteiger partial charge in [0.2, 0.25) is 0 Å². The molecule has 0 aliphatic carbocycles. The maximum atomic E-state index is 12.3. The van der Waals surface area contributed by atoms with Crippen molar-refractivity contribution in [1.29, 1.82) is 0 Å². The lowest BCUT2D eigenvalue weighted by molar-refractivity contribution is -0.134. The molecule has 0 aliphatic rings. The molecule has 18 heteroatoms. The predicted octanol–water partition coefficient (Wildman–Crippen LogP) is 19.9. The third-order valence-corrected chi connectivity index (χ3v) is 18.4. The van der Waals surface area contributed by atoms with E-state index in [0.29, 0.717) is 135 Å². The van der Waals surface area contributed by atoms with Gasteiger partial charge in [0.25, 0.3) is 0 Å². The van der Waals surface area contributed by atoms with E-state index in [4.69, 9.17) is 37.9 Å². The summed E-state index contributed by atoms with van der Waals surface area (Å²) < 4.78 is 42.6. The summed E-state index contributed by atoms with van der Waals surface area (Å²) in [5, 5.41) is 0. The first-order valence-electron chi connectivity index (χ1n) is 39.4. The zero-order valence-corrected chi connectivity index (χ0v) is 77.0. The van der Waals surface area contributed by atoms with Gasteiger partial charge in [-0.3, -0.25) is 47.9 Å². The number of carbonyl (C=O) groups is 10. The Kier molecular flexibility index (Phi) is 54.7. The zero-order valence-electron chi connectivity index (χ0n) is 77.0. The Balaban J connectivity index is -0.000000287. The zero-order chi connectivity index (χ0) is 86.1. The van der Waals surface area contributed by atoms with Crippen molar-refractivity contribution in [3.8, 4) is 0 Å². The smallest absolute Gasteiger partial charge is 0.163 e. The van der Waals surface area contributed by atoms with E-state index >= 15 is 0 Å². The number of hydrogen-bond donors (Lipinski definition) is 0. The van der Waals surface area contributed by atoms with Crippen LogP contribution in [0, 0.1) is 75.8 Å². The van der Waals surface area contributed by atoms with Gasteiger partial charge >= 0.3 is 0 Å². The molecule has 0 aromatic carbocycles. The second-order valence-corrected chi connectivity index (χ2v) is 42.1. The van der Waals surface area contributed by atoms with E-state index in [1.165, 1.54) is 0 Å². The molecular weight excluding hydrogens is 1360 g/mol. The van der Waals surface area contributed by atoms with E-state index in [1.807, 2.05) is 208 Å². The molecule has 0 spiro atoms. The lowest BCUT2D eigenvalue weighted by Gasteiger charge is -2.51. The predicted molar refractivity (Wildman–Crippen MR) is 439 cm³/mol. The van der Waals surface area contributed by atoms with Gasteiger partial charge in [-0.25, -0.2) is 0 Å². The molecule has 0 saturated carbocycles.